The predicted molar refractivity (Wildman–Crippen MR) is 65.8 cm³/mol. The molecule has 6 heteroatoms. The van der Waals surface area contributed by atoms with Gasteiger partial charge in [-0.1, -0.05) is 0 Å². The summed E-state index contributed by atoms with van der Waals surface area (Å²) in [7, 11) is 1.71. The summed E-state index contributed by atoms with van der Waals surface area (Å²) in [5.41, 5.74) is 6.47. The summed E-state index contributed by atoms with van der Waals surface area (Å²) >= 11 is 0. The molecule has 0 saturated heterocycles. The number of nitrogens with two attached hydrogens (primary N) is 1. The molecule has 6 nitrogen and oxygen atoms in total. The maximum Gasteiger partial charge on any atom is 0.188 e. The molecule has 1 aromatic rings. The van der Waals surface area contributed by atoms with Gasteiger partial charge in [-0.05, 0) is 13.8 Å². The second-order valence-corrected chi connectivity index (χ2v) is 3.81. The molecule has 0 radical (unpaired) electrons. The van der Waals surface area contributed by atoms with Crippen molar-refractivity contribution in [3.05, 3.63) is 23.7 Å². The molecule has 0 spiro atoms. The van der Waals surface area contributed by atoms with E-state index in [2.05, 4.69) is 4.98 Å². The lowest BCUT2D eigenvalue weighted by Gasteiger charge is -2.15. The van der Waals surface area contributed by atoms with Crippen LogP contribution in [0.15, 0.2) is 12.5 Å². The van der Waals surface area contributed by atoms with Crippen LogP contribution in [0, 0.1) is 10.8 Å². The third-order valence-corrected chi connectivity index (χ3v) is 2.10. The molecule has 0 saturated carbocycles. The van der Waals surface area contributed by atoms with Gasteiger partial charge in [0.25, 0.3) is 0 Å². The van der Waals surface area contributed by atoms with Crippen molar-refractivity contribution < 1.29 is 4.74 Å². The van der Waals surface area contributed by atoms with Gasteiger partial charge >= 0.3 is 0 Å². The lowest BCUT2D eigenvalue weighted by molar-refractivity contribution is 0.234. The van der Waals surface area contributed by atoms with Crippen LogP contribution in [-0.4, -0.2) is 21.9 Å². The van der Waals surface area contributed by atoms with Gasteiger partial charge in [-0.25, -0.2) is 4.98 Å². The van der Waals surface area contributed by atoms with Crippen LogP contribution < -0.4 is 16.0 Å². The normalized spacial score (nSPS) is 11.6. The zero-order valence-electron chi connectivity index (χ0n) is 10.2. The Kier molecular flexibility index (Phi) is 4.03. The molecule has 0 aliphatic carbocycles. The molecule has 17 heavy (non-hydrogen) atoms. The van der Waals surface area contributed by atoms with Crippen LogP contribution in [0.25, 0.3) is 5.57 Å². The number of aromatic nitrogens is 2. The Hall–Kier alpha value is -2.11. The van der Waals surface area contributed by atoms with Crippen LogP contribution >= 0.6 is 0 Å². The smallest absolute Gasteiger partial charge is 0.188 e. The molecule has 0 aliphatic rings. The fraction of sp³-hybridized carbons (Fsp3) is 0.364. The molecule has 1 heterocycles. The number of nitrogens with one attached hydrogen (secondary N) is 2. The topological polar surface area (TPSA) is 101 Å². The largest absolute Gasteiger partial charge is 0.485 e. The minimum Gasteiger partial charge on any atom is -0.485 e. The molecule has 0 aromatic carbocycles. The van der Waals surface area contributed by atoms with Gasteiger partial charge in [0.1, 0.15) is 5.69 Å². The molecule has 0 unspecified atom stereocenters. The van der Waals surface area contributed by atoms with Crippen molar-refractivity contribution in [3.63, 3.8) is 0 Å². The van der Waals surface area contributed by atoms with Crippen molar-refractivity contribution in [2.24, 2.45) is 12.8 Å². The quantitative estimate of drug-likeness (QED) is 0.667. The van der Waals surface area contributed by atoms with Gasteiger partial charge < -0.3 is 20.4 Å². The van der Waals surface area contributed by atoms with Crippen molar-refractivity contribution in [3.8, 4) is 5.75 Å². The number of rotatable bonds is 4. The number of hydrogen-bond donors (Lipinski definition) is 3. The van der Waals surface area contributed by atoms with Gasteiger partial charge in [0.05, 0.1) is 12.4 Å². The Labute approximate surface area is 99.8 Å². The van der Waals surface area contributed by atoms with E-state index in [1.54, 1.807) is 11.6 Å². The van der Waals surface area contributed by atoms with Gasteiger partial charge in [-0.15, -0.1) is 0 Å². The summed E-state index contributed by atoms with van der Waals surface area (Å²) in [6.07, 6.45) is 3.79. The third kappa shape index (κ3) is 2.72. The number of nitrogens with zero attached hydrogens (tertiary/aromatic N) is 2. The van der Waals surface area contributed by atoms with Crippen LogP contribution in [0.3, 0.4) is 0 Å². The summed E-state index contributed by atoms with van der Waals surface area (Å²) in [5, 5.41) is 15.2. The predicted octanol–water partition coefficient (Wildman–Crippen LogP) is 0.636. The Morgan fingerprint density at radius 2 is 2.24 bits per heavy atom. The van der Waals surface area contributed by atoms with Crippen molar-refractivity contribution in [1.29, 1.82) is 10.8 Å². The molecular formula is C11H17N5O. The van der Waals surface area contributed by atoms with Crippen LogP contribution in [-0.2, 0) is 7.05 Å². The van der Waals surface area contributed by atoms with Gasteiger partial charge in [0.2, 0.25) is 0 Å². The third-order valence-electron chi connectivity index (χ3n) is 2.10. The maximum absolute atomic E-state index is 7.93. The summed E-state index contributed by atoms with van der Waals surface area (Å²) in [5.74, 6) is 0.338. The average molecular weight is 235 g/mol. The molecule has 0 amide bonds. The van der Waals surface area contributed by atoms with E-state index in [1.165, 1.54) is 12.5 Å². The molecule has 0 aliphatic heterocycles. The Bertz CT molecular complexity index is 501. The van der Waals surface area contributed by atoms with Crippen LogP contribution in [0.2, 0.25) is 0 Å². The molecule has 0 bridgehead atoms. The first-order chi connectivity index (χ1) is 8.01. The SMILES string of the molecule is CC(C)Oc1c(/C(C=N)=C/N)ncn(C)c1=N. The van der Waals surface area contributed by atoms with E-state index in [0.29, 0.717) is 17.0 Å². The van der Waals surface area contributed by atoms with Crippen LogP contribution in [0.1, 0.15) is 19.5 Å². The number of hydrogen-bond acceptors (Lipinski definition) is 5. The zero-order valence-corrected chi connectivity index (χ0v) is 10.2. The summed E-state index contributed by atoms with van der Waals surface area (Å²) < 4.78 is 7.11. The number of aryl methyl sites for hydroxylation is 1. The van der Waals surface area contributed by atoms with Gasteiger partial charge in [0, 0.05) is 25.0 Å². The molecule has 0 fully saturated rings. The highest BCUT2D eigenvalue weighted by Crippen LogP contribution is 2.18. The van der Waals surface area contributed by atoms with Gasteiger partial charge in [-0.2, -0.15) is 0 Å². The maximum atomic E-state index is 7.93. The molecule has 0 atom stereocenters. The second kappa shape index (κ2) is 5.29. The first-order valence-corrected chi connectivity index (χ1v) is 5.20. The summed E-state index contributed by atoms with van der Waals surface area (Å²) in [4.78, 5) is 4.15. The van der Waals surface area contributed by atoms with E-state index in [4.69, 9.17) is 21.3 Å². The summed E-state index contributed by atoms with van der Waals surface area (Å²) in [6.45, 7) is 3.74. The summed E-state index contributed by atoms with van der Waals surface area (Å²) in [6, 6.07) is 0. The Morgan fingerprint density at radius 3 is 2.71 bits per heavy atom. The van der Waals surface area contributed by atoms with E-state index in [9.17, 15) is 0 Å². The van der Waals surface area contributed by atoms with E-state index < -0.39 is 0 Å². The van der Waals surface area contributed by atoms with Crippen LogP contribution in [0.5, 0.6) is 5.75 Å². The molecule has 4 N–H and O–H groups in total. The zero-order chi connectivity index (χ0) is 13.0. The number of allylic oxidation sites excluding steroid dienone is 1. The first-order valence-electron chi connectivity index (χ1n) is 5.20. The highest BCUT2D eigenvalue weighted by Gasteiger charge is 2.13. The number of ether oxygens (including phenoxy) is 1. The minimum atomic E-state index is -0.0770. The van der Waals surface area contributed by atoms with Crippen molar-refractivity contribution >= 4 is 11.8 Å². The fourth-order valence-corrected chi connectivity index (χ4v) is 1.28. The molecular weight excluding hydrogens is 218 g/mol. The van der Waals surface area contributed by atoms with Crippen LogP contribution in [0.4, 0.5) is 0 Å². The van der Waals surface area contributed by atoms with Crippen molar-refractivity contribution in [2.45, 2.75) is 20.0 Å². The lowest BCUT2D eigenvalue weighted by atomic mass is 10.2. The van der Waals surface area contributed by atoms with E-state index in [0.717, 1.165) is 6.21 Å². The standard InChI is InChI=1S/C11H17N5O/c1-7(2)17-10-9(8(4-12)5-13)15-6-16(3)11(10)14/h4-7,12,14H,13H2,1-3H3/b8-5+,12-4?,14-11?. The Balaban J connectivity index is 3.45. The van der Waals surface area contributed by atoms with Crippen molar-refractivity contribution in [2.75, 3.05) is 0 Å². The van der Waals surface area contributed by atoms with E-state index >= 15 is 0 Å². The molecule has 1 aromatic heterocycles. The highest BCUT2D eigenvalue weighted by molar-refractivity contribution is 6.08. The lowest BCUT2D eigenvalue weighted by Crippen LogP contribution is -2.24. The second-order valence-electron chi connectivity index (χ2n) is 3.81. The minimum absolute atomic E-state index is 0.0770. The van der Waals surface area contributed by atoms with Gasteiger partial charge in [-0.3, -0.25) is 5.41 Å². The van der Waals surface area contributed by atoms with Crippen molar-refractivity contribution in [1.82, 2.24) is 9.55 Å². The van der Waals surface area contributed by atoms with Gasteiger partial charge in [0.15, 0.2) is 11.2 Å². The van der Waals surface area contributed by atoms with E-state index in [1.807, 2.05) is 13.8 Å². The average Bonchev–Trinajstić information content (AvgIpc) is 2.28. The fourth-order valence-electron chi connectivity index (χ4n) is 1.28. The Morgan fingerprint density at radius 1 is 1.59 bits per heavy atom. The first kappa shape index (κ1) is 13.0. The molecule has 1 rings (SSSR count). The molecule has 92 valence electrons. The van der Waals surface area contributed by atoms with E-state index in [-0.39, 0.29) is 11.6 Å². The highest BCUT2D eigenvalue weighted by atomic mass is 16.5. The monoisotopic (exact) mass is 235 g/mol.